The van der Waals surface area contributed by atoms with E-state index in [1.165, 1.54) is 0 Å². The monoisotopic (exact) mass is 151 g/mol. The van der Waals surface area contributed by atoms with Crippen LogP contribution in [-0.2, 0) is 4.79 Å². The van der Waals surface area contributed by atoms with Crippen LogP contribution in [0.1, 0.15) is 26.2 Å². The van der Waals surface area contributed by atoms with Crippen LogP contribution in [0.25, 0.3) is 0 Å². The van der Waals surface area contributed by atoms with Crippen LogP contribution in [0.15, 0.2) is 12.2 Å². The molecule has 1 atom stereocenters. The number of hydrogen-bond donors (Lipinski definition) is 1. The Morgan fingerprint density at radius 1 is 1.55 bits per heavy atom. The summed E-state index contributed by atoms with van der Waals surface area (Å²) in [7, 11) is 0. The molecular weight excluding hydrogens is 138 g/mol. The molecule has 60 valence electrons. The Bertz CT molecular complexity index is 204. The topological polar surface area (TPSA) is 29.1 Å². The molecule has 2 nitrogen and oxygen atoms in total. The molecule has 0 aromatic carbocycles. The summed E-state index contributed by atoms with van der Waals surface area (Å²) in [5.74, 6) is 0.280. The molecule has 2 aliphatic rings. The third kappa shape index (κ3) is 1.02. The van der Waals surface area contributed by atoms with Crippen molar-refractivity contribution in [3.63, 3.8) is 0 Å². The lowest BCUT2D eigenvalue weighted by Gasteiger charge is -2.46. The maximum Gasteiger partial charge on any atom is 0.146 e. The zero-order chi connectivity index (χ0) is 7.90. The van der Waals surface area contributed by atoms with Gasteiger partial charge in [0.1, 0.15) is 5.78 Å². The lowest BCUT2D eigenvalue weighted by Crippen LogP contribution is -2.64. The fraction of sp³-hybridized carbons (Fsp3) is 0.667. The number of carbonyl (C=O) groups excluding carboxylic acids is 1. The van der Waals surface area contributed by atoms with Gasteiger partial charge in [-0.1, -0.05) is 12.2 Å². The SMILES string of the molecule is CC(=O)[C@@H]1CC2(CC=CC2)N1. The normalized spacial score (nSPS) is 32.3. The van der Waals surface area contributed by atoms with E-state index in [2.05, 4.69) is 17.5 Å². The fourth-order valence-electron chi connectivity index (χ4n) is 1.97. The third-order valence-electron chi connectivity index (χ3n) is 2.75. The van der Waals surface area contributed by atoms with Crippen LogP contribution in [0.4, 0.5) is 0 Å². The molecule has 0 unspecified atom stereocenters. The Hall–Kier alpha value is -0.630. The summed E-state index contributed by atoms with van der Waals surface area (Å²) in [4.78, 5) is 10.9. The molecule has 1 saturated heterocycles. The Morgan fingerprint density at radius 2 is 2.09 bits per heavy atom. The van der Waals surface area contributed by atoms with Crippen LogP contribution in [0.5, 0.6) is 0 Å². The first-order valence-corrected chi connectivity index (χ1v) is 4.15. The highest BCUT2D eigenvalue weighted by Gasteiger charge is 2.45. The van der Waals surface area contributed by atoms with Gasteiger partial charge in [0.15, 0.2) is 0 Å². The molecule has 0 amide bonds. The lowest BCUT2D eigenvalue weighted by molar-refractivity contribution is -0.123. The third-order valence-corrected chi connectivity index (χ3v) is 2.75. The first kappa shape index (κ1) is 7.04. The fourth-order valence-corrected chi connectivity index (χ4v) is 1.97. The Labute approximate surface area is 66.7 Å². The minimum atomic E-state index is 0.148. The highest BCUT2D eigenvalue weighted by atomic mass is 16.1. The average molecular weight is 151 g/mol. The van der Waals surface area contributed by atoms with Crippen LogP contribution in [0, 0.1) is 0 Å². The molecule has 1 aliphatic heterocycles. The molecule has 11 heavy (non-hydrogen) atoms. The zero-order valence-electron chi connectivity index (χ0n) is 6.76. The van der Waals surface area contributed by atoms with E-state index in [9.17, 15) is 4.79 Å². The standard InChI is InChI=1S/C9H13NO/c1-7(11)8-6-9(10-8)4-2-3-5-9/h2-3,8,10H,4-6H2,1H3/t8-/m0/s1. The number of nitrogens with one attached hydrogen (secondary N) is 1. The van der Waals surface area contributed by atoms with Crippen LogP contribution in [0.2, 0.25) is 0 Å². The van der Waals surface area contributed by atoms with Crippen LogP contribution in [-0.4, -0.2) is 17.4 Å². The first-order chi connectivity index (χ1) is 5.22. The summed E-state index contributed by atoms with van der Waals surface area (Å²) in [6.45, 7) is 1.66. The van der Waals surface area contributed by atoms with E-state index < -0.39 is 0 Å². The second-order valence-corrected chi connectivity index (χ2v) is 3.67. The van der Waals surface area contributed by atoms with Crippen molar-refractivity contribution in [2.24, 2.45) is 0 Å². The lowest BCUT2D eigenvalue weighted by atomic mass is 9.78. The van der Waals surface area contributed by atoms with Crippen molar-refractivity contribution in [1.82, 2.24) is 5.32 Å². The smallest absolute Gasteiger partial charge is 0.146 e. The Kier molecular flexibility index (Phi) is 1.39. The number of hydrogen-bond acceptors (Lipinski definition) is 2. The van der Waals surface area contributed by atoms with Crippen molar-refractivity contribution in [3.05, 3.63) is 12.2 Å². The molecule has 1 heterocycles. The number of rotatable bonds is 1. The summed E-state index contributed by atoms with van der Waals surface area (Å²) < 4.78 is 0. The van der Waals surface area contributed by atoms with E-state index in [1.54, 1.807) is 6.92 Å². The molecule has 2 rings (SSSR count). The van der Waals surface area contributed by atoms with Gasteiger partial charge in [-0.05, 0) is 26.2 Å². The minimum absolute atomic E-state index is 0.148. The Morgan fingerprint density at radius 3 is 2.55 bits per heavy atom. The maximum absolute atomic E-state index is 10.9. The van der Waals surface area contributed by atoms with Gasteiger partial charge in [0.25, 0.3) is 0 Å². The number of carbonyl (C=O) groups is 1. The van der Waals surface area contributed by atoms with Gasteiger partial charge in [-0.2, -0.15) is 0 Å². The molecule has 0 radical (unpaired) electrons. The van der Waals surface area contributed by atoms with Gasteiger partial charge in [0.05, 0.1) is 6.04 Å². The van der Waals surface area contributed by atoms with Gasteiger partial charge < -0.3 is 5.32 Å². The maximum atomic E-state index is 10.9. The van der Waals surface area contributed by atoms with Crippen molar-refractivity contribution in [2.45, 2.75) is 37.8 Å². The summed E-state index contributed by atoms with van der Waals surface area (Å²) in [5.41, 5.74) is 0.288. The molecule has 1 aliphatic carbocycles. The van der Waals surface area contributed by atoms with Crippen LogP contribution < -0.4 is 5.32 Å². The van der Waals surface area contributed by atoms with Crippen molar-refractivity contribution in [3.8, 4) is 0 Å². The average Bonchev–Trinajstić information content (AvgIpc) is 2.29. The largest absolute Gasteiger partial charge is 0.301 e. The van der Waals surface area contributed by atoms with Gasteiger partial charge in [-0.3, -0.25) is 4.79 Å². The van der Waals surface area contributed by atoms with Gasteiger partial charge in [-0.15, -0.1) is 0 Å². The molecule has 0 aromatic rings. The van der Waals surface area contributed by atoms with E-state index >= 15 is 0 Å². The predicted molar refractivity (Wildman–Crippen MR) is 43.3 cm³/mol. The van der Waals surface area contributed by atoms with Gasteiger partial charge in [-0.25, -0.2) is 0 Å². The molecule has 2 heteroatoms. The minimum Gasteiger partial charge on any atom is -0.301 e. The van der Waals surface area contributed by atoms with Gasteiger partial charge >= 0.3 is 0 Å². The molecular formula is C9H13NO. The van der Waals surface area contributed by atoms with Crippen molar-refractivity contribution >= 4 is 5.78 Å². The molecule has 1 spiro atoms. The molecule has 0 saturated carbocycles. The summed E-state index contributed by atoms with van der Waals surface area (Å²) in [6, 6.07) is 0.148. The van der Waals surface area contributed by atoms with E-state index in [0.29, 0.717) is 0 Å². The van der Waals surface area contributed by atoms with Crippen molar-refractivity contribution < 1.29 is 4.79 Å². The molecule has 1 N–H and O–H groups in total. The van der Waals surface area contributed by atoms with Gasteiger partial charge in [0, 0.05) is 5.54 Å². The van der Waals surface area contributed by atoms with E-state index in [4.69, 9.17) is 0 Å². The highest BCUT2D eigenvalue weighted by molar-refractivity contribution is 5.83. The quantitative estimate of drug-likeness (QED) is 0.567. The van der Waals surface area contributed by atoms with Crippen LogP contribution >= 0.6 is 0 Å². The van der Waals surface area contributed by atoms with Gasteiger partial charge in [0.2, 0.25) is 0 Å². The Balaban J connectivity index is 1.92. The zero-order valence-corrected chi connectivity index (χ0v) is 6.76. The van der Waals surface area contributed by atoms with Crippen molar-refractivity contribution in [1.29, 1.82) is 0 Å². The second-order valence-electron chi connectivity index (χ2n) is 3.67. The van der Waals surface area contributed by atoms with Crippen molar-refractivity contribution in [2.75, 3.05) is 0 Å². The van der Waals surface area contributed by atoms with E-state index in [1.807, 2.05) is 0 Å². The molecule has 0 bridgehead atoms. The molecule has 0 aromatic heterocycles. The predicted octanol–water partition coefficient (Wildman–Crippen LogP) is 1.03. The summed E-state index contributed by atoms with van der Waals surface area (Å²) >= 11 is 0. The number of Topliss-reactive ketones (excluding diaryl/α,β-unsaturated/α-hetero) is 1. The van der Waals surface area contributed by atoms with E-state index in [-0.39, 0.29) is 17.4 Å². The first-order valence-electron chi connectivity index (χ1n) is 4.15. The highest BCUT2D eigenvalue weighted by Crippen LogP contribution is 2.36. The summed E-state index contributed by atoms with van der Waals surface area (Å²) in [6.07, 6.45) is 7.65. The number of ketones is 1. The van der Waals surface area contributed by atoms with Crippen LogP contribution in [0.3, 0.4) is 0 Å². The summed E-state index contributed by atoms with van der Waals surface area (Å²) in [5, 5.41) is 3.34. The van der Waals surface area contributed by atoms with E-state index in [0.717, 1.165) is 19.3 Å². The molecule has 1 fully saturated rings. The second kappa shape index (κ2) is 2.18.